The third kappa shape index (κ3) is 5.55. The van der Waals surface area contributed by atoms with Crippen molar-refractivity contribution in [3.63, 3.8) is 0 Å². The second kappa shape index (κ2) is 8.33. The third-order valence-electron chi connectivity index (χ3n) is 5.30. The number of carbonyl (C=O) groups is 1. The van der Waals surface area contributed by atoms with Crippen LogP contribution in [0.2, 0.25) is 0 Å². The number of piperazine rings is 1. The van der Waals surface area contributed by atoms with E-state index in [1.807, 2.05) is 0 Å². The second-order valence-electron chi connectivity index (χ2n) is 8.26. The van der Waals surface area contributed by atoms with Crippen molar-refractivity contribution in [2.45, 2.75) is 39.7 Å². The summed E-state index contributed by atoms with van der Waals surface area (Å²) >= 11 is 0. The summed E-state index contributed by atoms with van der Waals surface area (Å²) in [7, 11) is 0. The van der Waals surface area contributed by atoms with Gasteiger partial charge in [-0.2, -0.15) is 0 Å². The van der Waals surface area contributed by atoms with Crippen LogP contribution in [0, 0.1) is 18.8 Å². The van der Waals surface area contributed by atoms with Gasteiger partial charge < -0.3 is 10.2 Å². The molecule has 0 aromatic heterocycles. The minimum atomic E-state index is 0.176. The zero-order chi connectivity index (χ0) is 17.8. The molecular formula is C21H33N3O. The SMILES string of the molecule is Cc1ccc(C(NC(=O)CN2CCN(CC(C)C)CC2)C2CC2)cc1. The van der Waals surface area contributed by atoms with Gasteiger partial charge in [0.05, 0.1) is 12.6 Å². The molecule has 138 valence electrons. The van der Waals surface area contributed by atoms with Crippen LogP contribution in [0.15, 0.2) is 24.3 Å². The molecule has 0 radical (unpaired) electrons. The second-order valence-corrected chi connectivity index (χ2v) is 8.26. The molecule has 0 bridgehead atoms. The molecule has 1 amide bonds. The van der Waals surface area contributed by atoms with E-state index in [1.54, 1.807) is 0 Å². The molecule has 1 aromatic rings. The first-order valence-corrected chi connectivity index (χ1v) is 9.82. The summed E-state index contributed by atoms with van der Waals surface area (Å²) in [4.78, 5) is 17.4. The van der Waals surface area contributed by atoms with Crippen molar-refractivity contribution in [3.8, 4) is 0 Å². The summed E-state index contributed by atoms with van der Waals surface area (Å²) in [6.45, 7) is 12.5. The van der Waals surface area contributed by atoms with Gasteiger partial charge in [-0.1, -0.05) is 43.7 Å². The third-order valence-corrected chi connectivity index (χ3v) is 5.30. The molecule has 2 aliphatic rings. The number of hydrogen-bond acceptors (Lipinski definition) is 3. The average Bonchev–Trinajstić information content (AvgIpc) is 3.40. The lowest BCUT2D eigenvalue weighted by Gasteiger charge is -2.35. The fourth-order valence-electron chi connectivity index (χ4n) is 3.75. The lowest BCUT2D eigenvalue weighted by molar-refractivity contribution is -0.123. The summed E-state index contributed by atoms with van der Waals surface area (Å²) in [6, 6.07) is 8.82. The molecule has 1 N–H and O–H groups in total. The maximum absolute atomic E-state index is 12.6. The lowest BCUT2D eigenvalue weighted by Crippen LogP contribution is -2.50. The van der Waals surface area contributed by atoms with E-state index in [9.17, 15) is 4.79 Å². The Bertz CT molecular complexity index is 557. The topological polar surface area (TPSA) is 35.6 Å². The zero-order valence-corrected chi connectivity index (χ0v) is 16.0. The van der Waals surface area contributed by atoms with E-state index >= 15 is 0 Å². The highest BCUT2D eigenvalue weighted by molar-refractivity contribution is 5.78. The molecule has 25 heavy (non-hydrogen) atoms. The fourth-order valence-corrected chi connectivity index (χ4v) is 3.75. The van der Waals surface area contributed by atoms with Gasteiger partial charge in [0.15, 0.2) is 0 Å². The molecule has 1 saturated carbocycles. The molecule has 4 nitrogen and oxygen atoms in total. The number of hydrogen-bond donors (Lipinski definition) is 1. The van der Waals surface area contributed by atoms with E-state index in [2.05, 4.69) is 60.2 Å². The van der Waals surface area contributed by atoms with Gasteiger partial charge in [-0.3, -0.25) is 9.69 Å². The molecule has 4 heteroatoms. The van der Waals surface area contributed by atoms with Crippen LogP contribution in [-0.4, -0.2) is 55.0 Å². The molecule has 1 saturated heterocycles. The van der Waals surface area contributed by atoms with Gasteiger partial charge in [0.2, 0.25) is 5.91 Å². The summed E-state index contributed by atoms with van der Waals surface area (Å²) in [6.07, 6.45) is 2.46. The Balaban J connectivity index is 1.49. The van der Waals surface area contributed by atoms with E-state index in [0.29, 0.717) is 18.4 Å². The number of nitrogens with zero attached hydrogens (tertiary/aromatic N) is 2. The molecular weight excluding hydrogens is 310 g/mol. The Morgan fingerprint density at radius 3 is 2.24 bits per heavy atom. The highest BCUT2D eigenvalue weighted by Gasteiger charge is 2.33. The molecule has 1 heterocycles. The van der Waals surface area contributed by atoms with Crippen LogP contribution >= 0.6 is 0 Å². The Labute approximate surface area is 152 Å². The van der Waals surface area contributed by atoms with Crippen LogP contribution < -0.4 is 5.32 Å². The number of benzene rings is 1. The minimum Gasteiger partial charge on any atom is -0.348 e. The lowest BCUT2D eigenvalue weighted by atomic mass is 10.0. The normalized spacial score (nSPS) is 20.6. The van der Waals surface area contributed by atoms with E-state index in [4.69, 9.17) is 0 Å². The van der Waals surface area contributed by atoms with Gasteiger partial charge in [0, 0.05) is 32.7 Å². The zero-order valence-electron chi connectivity index (χ0n) is 16.0. The standard InChI is InChI=1S/C21H33N3O/c1-16(2)14-23-10-12-24(13-11-23)15-20(25)22-21(19-8-9-19)18-6-4-17(3)5-7-18/h4-7,16,19,21H,8-15H2,1-3H3,(H,22,25). The van der Waals surface area contributed by atoms with Crippen molar-refractivity contribution in [2.24, 2.45) is 11.8 Å². The van der Waals surface area contributed by atoms with Crippen molar-refractivity contribution in [3.05, 3.63) is 35.4 Å². The fraction of sp³-hybridized carbons (Fsp3) is 0.667. The molecule has 2 fully saturated rings. The number of aryl methyl sites for hydroxylation is 1. The van der Waals surface area contributed by atoms with Gasteiger partial charge in [-0.25, -0.2) is 0 Å². The summed E-state index contributed by atoms with van der Waals surface area (Å²) in [5, 5.41) is 3.31. The van der Waals surface area contributed by atoms with Crippen molar-refractivity contribution < 1.29 is 4.79 Å². The molecule has 1 aliphatic heterocycles. The predicted molar refractivity (Wildman–Crippen MR) is 103 cm³/mol. The highest BCUT2D eigenvalue weighted by Crippen LogP contribution is 2.41. The van der Waals surface area contributed by atoms with Gasteiger partial charge in [-0.05, 0) is 37.2 Å². The summed E-state index contributed by atoms with van der Waals surface area (Å²) in [5.41, 5.74) is 2.52. The monoisotopic (exact) mass is 343 g/mol. The number of nitrogens with one attached hydrogen (secondary N) is 1. The molecule has 1 aromatic carbocycles. The molecule has 1 atom stereocenters. The molecule has 1 aliphatic carbocycles. The first-order chi connectivity index (χ1) is 12.0. The first kappa shape index (κ1) is 18.4. The molecule has 1 unspecified atom stereocenters. The van der Waals surface area contributed by atoms with Crippen molar-refractivity contribution in [1.29, 1.82) is 0 Å². The van der Waals surface area contributed by atoms with Crippen LogP contribution in [0.25, 0.3) is 0 Å². The van der Waals surface area contributed by atoms with Gasteiger partial charge in [0.1, 0.15) is 0 Å². The van der Waals surface area contributed by atoms with E-state index in [1.165, 1.54) is 24.0 Å². The summed E-state index contributed by atoms with van der Waals surface area (Å²) < 4.78 is 0. The summed E-state index contributed by atoms with van der Waals surface area (Å²) in [5.74, 6) is 1.51. The van der Waals surface area contributed by atoms with E-state index < -0.39 is 0 Å². The minimum absolute atomic E-state index is 0.176. The Kier molecular flexibility index (Phi) is 6.13. The van der Waals surface area contributed by atoms with Gasteiger partial charge in [0.25, 0.3) is 0 Å². The Morgan fingerprint density at radius 2 is 1.68 bits per heavy atom. The molecule has 3 rings (SSSR count). The van der Waals surface area contributed by atoms with Crippen LogP contribution in [-0.2, 0) is 4.79 Å². The number of amides is 1. The first-order valence-electron chi connectivity index (χ1n) is 9.82. The van der Waals surface area contributed by atoms with Crippen molar-refractivity contribution >= 4 is 5.91 Å². The van der Waals surface area contributed by atoms with Crippen LogP contribution in [0.4, 0.5) is 0 Å². The van der Waals surface area contributed by atoms with Gasteiger partial charge in [-0.15, -0.1) is 0 Å². The maximum Gasteiger partial charge on any atom is 0.234 e. The van der Waals surface area contributed by atoms with E-state index in [0.717, 1.165) is 32.7 Å². The largest absolute Gasteiger partial charge is 0.348 e. The van der Waals surface area contributed by atoms with Gasteiger partial charge >= 0.3 is 0 Å². The highest BCUT2D eigenvalue weighted by atomic mass is 16.2. The predicted octanol–water partition coefficient (Wildman–Crippen LogP) is 2.84. The van der Waals surface area contributed by atoms with Crippen LogP contribution in [0.3, 0.4) is 0 Å². The van der Waals surface area contributed by atoms with Crippen LogP contribution in [0.1, 0.15) is 43.9 Å². The smallest absolute Gasteiger partial charge is 0.234 e. The number of carbonyl (C=O) groups excluding carboxylic acids is 1. The number of rotatable bonds is 7. The average molecular weight is 344 g/mol. The quantitative estimate of drug-likeness (QED) is 0.827. The van der Waals surface area contributed by atoms with E-state index in [-0.39, 0.29) is 11.9 Å². The van der Waals surface area contributed by atoms with Crippen LogP contribution in [0.5, 0.6) is 0 Å². The van der Waals surface area contributed by atoms with Crippen molar-refractivity contribution in [2.75, 3.05) is 39.3 Å². The Hall–Kier alpha value is -1.39. The molecule has 0 spiro atoms. The van der Waals surface area contributed by atoms with Crippen molar-refractivity contribution in [1.82, 2.24) is 15.1 Å². The maximum atomic E-state index is 12.6. The Morgan fingerprint density at radius 1 is 1.08 bits per heavy atom.